The number of hydrogen-bond acceptors (Lipinski definition) is 5. The van der Waals surface area contributed by atoms with Gasteiger partial charge in [0.1, 0.15) is 5.75 Å². The number of ether oxygens (including phenoxy) is 1. The summed E-state index contributed by atoms with van der Waals surface area (Å²) in [5, 5.41) is 0. The molecule has 0 bridgehead atoms. The minimum atomic E-state index is -0.0855. The van der Waals surface area contributed by atoms with Gasteiger partial charge < -0.3 is 15.4 Å². The molecule has 160 valence electrons. The van der Waals surface area contributed by atoms with Crippen molar-refractivity contribution in [1.82, 2.24) is 14.9 Å². The van der Waals surface area contributed by atoms with Crippen molar-refractivity contribution >= 4 is 11.9 Å². The molecular formula is C25H28N4O2. The molecule has 2 N–H and O–H groups in total. The lowest BCUT2D eigenvalue weighted by atomic mass is 9.93. The van der Waals surface area contributed by atoms with E-state index in [0.29, 0.717) is 12.8 Å². The third-order valence-corrected chi connectivity index (χ3v) is 5.85. The molecule has 6 nitrogen and oxygen atoms in total. The molecule has 1 aromatic heterocycles. The average molecular weight is 417 g/mol. The van der Waals surface area contributed by atoms with Crippen molar-refractivity contribution in [3.05, 3.63) is 72.1 Å². The number of carbonyl (C=O) groups is 1. The SMILES string of the molecule is COc1ccc(CCC(=O)N2CCCC[C@@H]2c2nc(N)ncc2-c2ccccc2)cc1. The van der Waals surface area contributed by atoms with Gasteiger partial charge in [0.05, 0.1) is 18.8 Å². The number of benzene rings is 2. The minimum Gasteiger partial charge on any atom is -0.497 e. The molecule has 3 aromatic rings. The van der Waals surface area contributed by atoms with Gasteiger partial charge in [-0.05, 0) is 48.9 Å². The summed E-state index contributed by atoms with van der Waals surface area (Å²) in [5.41, 5.74) is 9.90. The van der Waals surface area contributed by atoms with Crippen LogP contribution in [0.15, 0.2) is 60.8 Å². The number of methoxy groups -OCH3 is 1. The summed E-state index contributed by atoms with van der Waals surface area (Å²) in [6.07, 6.45) is 5.89. The van der Waals surface area contributed by atoms with Crippen LogP contribution in [0.25, 0.3) is 11.1 Å². The molecule has 0 saturated carbocycles. The highest BCUT2D eigenvalue weighted by molar-refractivity contribution is 5.78. The number of hydrogen-bond donors (Lipinski definition) is 1. The molecule has 0 spiro atoms. The summed E-state index contributed by atoms with van der Waals surface area (Å²) in [5.74, 6) is 1.21. The fourth-order valence-electron chi connectivity index (χ4n) is 4.20. The number of amides is 1. The van der Waals surface area contributed by atoms with Crippen LogP contribution in [0.2, 0.25) is 0 Å². The zero-order valence-electron chi connectivity index (χ0n) is 17.8. The van der Waals surface area contributed by atoms with E-state index in [1.807, 2.05) is 59.5 Å². The summed E-state index contributed by atoms with van der Waals surface area (Å²) in [6.45, 7) is 0.740. The lowest BCUT2D eigenvalue weighted by Gasteiger charge is -2.36. The van der Waals surface area contributed by atoms with E-state index >= 15 is 0 Å². The smallest absolute Gasteiger partial charge is 0.223 e. The number of likely N-dealkylation sites (tertiary alicyclic amines) is 1. The Balaban J connectivity index is 1.56. The Morgan fingerprint density at radius 1 is 1.13 bits per heavy atom. The second-order valence-electron chi connectivity index (χ2n) is 7.84. The summed E-state index contributed by atoms with van der Waals surface area (Å²) in [4.78, 5) is 24.1. The van der Waals surface area contributed by atoms with Crippen LogP contribution in [-0.2, 0) is 11.2 Å². The van der Waals surface area contributed by atoms with E-state index in [1.165, 1.54) is 0 Å². The Hall–Kier alpha value is -3.41. The quantitative estimate of drug-likeness (QED) is 0.643. The van der Waals surface area contributed by atoms with Crippen molar-refractivity contribution in [2.24, 2.45) is 0 Å². The first-order chi connectivity index (χ1) is 15.2. The van der Waals surface area contributed by atoms with E-state index in [-0.39, 0.29) is 17.9 Å². The molecule has 0 aliphatic carbocycles. The van der Waals surface area contributed by atoms with E-state index in [4.69, 9.17) is 10.5 Å². The van der Waals surface area contributed by atoms with Crippen LogP contribution in [0.5, 0.6) is 5.75 Å². The molecule has 2 heterocycles. The molecule has 1 atom stereocenters. The monoisotopic (exact) mass is 416 g/mol. The molecule has 1 aliphatic rings. The van der Waals surface area contributed by atoms with Gasteiger partial charge >= 0.3 is 0 Å². The third-order valence-electron chi connectivity index (χ3n) is 5.85. The fourth-order valence-corrected chi connectivity index (χ4v) is 4.20. The lowest BCUT2D eigenvalue weighted by Crippen LogP contribution is -2.39. The van der Waals surface area contributed by atoms with Crippen molar-refractivity contribution < 1.29 is 9.53 Å². The Labute approximate surface area is 183 Å². The summed E-state index contributed by atoms with van der Waals surface area (Å²) >= 11 is 0. The van der Waals surface area contributed by atoms with Crippen molar-refractivity contribution in [1.29, 1.82) is 0 Å². The van der Waals surface area contributed by atoms with Crippen LogP contribution in [0.4, 0.5) is 5.95 Å². The molecule has 31 heavy (non-hydrogen) atoms. The number of anilines is 1. The number of carbonyl (C=O) groups excluding carboxylic acids is 1. The maximum Gasteiger partial charge on any atom is 0.223 e. The molecule has 1 saturated heterocycles. The molecule has 6 heteroatoms. The highest BCUT2D eigenvalue weighted by Gasteiger charge is 2.31. The van der Waals surface area contributed by atoms with Crippen molar-refractivity contribution in [3.63, 3.8) is 0 Å². The first kappa shape index (κ1) is 20.8. The molecule has 1 amide bonds. The number of aryl methyl sites for hydroxylation is 1. The minimum absolute atomic E-state index is 0.0855. The average Bonchev–Trinajstić information content (AvgIpc) is 2.83. The van der Waals surface area contributed by atoms with E-state index in [1.54, 1.807) is 13.3 Å². The highest BCUT2D eigenvalue weighted by Crippen LogP contribution is 2.36. The van der Waals surface area contributed by atoms with Gasteiger partial charge in [-0.15, -0.1) is 0 Å². The predicted octanol–water partition coefficient (Wildman–Crippen LogP) is 4.42. The van der Waals surface area contributed by atoms with Crippen molar-refractivity contribution in [2.75, 3.05) is 19.4 Å². The van der Waals surface area contributed by atoms with Crippen LogP contribution in [0.1, 0.15) is 43.0 Å². The number of nitrogen functional groups attached to an aromatic ring is 1. The Bertz CT molecular complexity index is 1020. The second-order valence-corrected chi connectivity index (χ2v) is 7.84. The number of nitrogens with zero attached hydrogens (tertiary/aromatic N) is 3. The van der Waals surface area contributed by atoms with E-state index in [2.05, 4.69) is 9.97 Å². The predicted molar refractivity (Wildman–Crippen MR) is 122 cm³/mol. The molecule has 1 fully saturated rings. The van der Waals surface area contributed by atoms with Crippen molar-refractivity contribution in [2.45, 2.75) is 38.1 Å². The second kappa shape index (κ2) is 9.60. The Morgan fingerprint density at radius 3 is 2.65 bits per heavy atom. The van der Waals surface area contributed by atoms with Gasteiger partial charge in [-0.2, -0.15) is 0 Å². The van der Waals surface area contributed by atoms with Crippen LogP contribution in [-0.4, -0.2) is 34.4 Å². The van der Waals surface area contributed by atoms with Gasteiger partial charge in [0.25, 0.3) is 0 Å². The van der Waals surface area contributed by atoms with Crippen LogP contribution in [0.3, 0.4) is 0 Å². The van der Waals surface area contributed by atoms with Gasteiger partial charge in [-0.3, -0.25) is 4.79 Å². The van der Waals surface area contributed by atoms with E-state index in [9.17, 15) is 4.79 Å². The number of rotatable bonds is 6. The van der Waals surface area contributed by atoms with Gasteiger partial charge in [-0.1, -0.05) is 42.5 Å². The van der Waals surface area contributed by atoms with E-state index < -0.39 is 0 Å². The standard InChI is InChI=1S/C25H28N4O2/c1-31-20-13-10-18(11-14-20)12-15-23(30)29-16-6-5-9-22(29)24-21(17-27-25(26)28-24)19-7-3-2-4-8-19/h2-4,7-8,10-11,13-14,17,22H,5-6,9,12,15-16H2,1H3,(H2,26,27,28)/t22-/m1/s1. The topological polar surface area (TPSA) is 81.3 Å². The van der Waals surface area contributed by atoms with Gasteiger partial charge in [0.2, 0.25) is 11.9 Å². The molecule has 2 aromatic carbocycles. The number of nitrogens with two attached hydrogens (primary N) is 1. The third kappa shape index (κ3) is 4.85. The Morgan fingerprint density at radius 2 is 1.90 bits per heavy atom. The van der Waals surface area contributed by atoms with Crippen molar-refractivity contribution in [3.8, 4) is 16.9 Å². The molecule has 0 unspecified atom stereocenters. The number of aromatic nitrogens is 2. The molecule has 4 rings (SSSR count). The summed E-state index contributed by atoms with van der Waals surface area (Å²) in [6, 6.07) is 17.8. The van der Waals surface area contributed by atoms with E-state index in [0.717, 1.165) is 53.9 Å². The normalized spacial score (nSPS) is 16.2. The fraction of sp³-hybridized carbons (Fsp3) is 0.320. The lowest BCUT2D eigenvalue weighted by molar-refractivity contribution is -0.135. The number of piperidine rings is 1. The zero-order valence-corrected chi connectivity index (χ0v) is 17.8. The Kier molecular flexibility index (Phi) is 6.46. The van der Waals surface area contributed by atoms with Crippen LogP contribution < -0.4 is 10.5 Å². The largest absolute Gasteiger partial charge is 0.497 e. The maximum atomic E-state index is 13.2. The maximum absolute atomic E-state index is 13.2. The molecular weight excluding hydrogens is 388 g/mol. The first-order valence-electron chi connectivity index (χ1n) is 10.8. The summed E-state index contributed by atoms with van der Waals surface area (Å²) < 4.78 is 5.21. The van der Waals surface area contributed by atoms with Crippen LogP contribution in [0, 0.1) is 0 Å². The van der Waals surface area contributed by atoms with Gasteiger partial charge in [0, 0.05) is 24.7 Å². The summed E-state index contributed by atoms with van der Waals surface area (Å²) in [7, 11) is 1.65. The van der Waals surface area contributed by atoms with Crippen LogP contribution >= 0.6 is 0 Å². The first-order valence-corrected chi connectivity index (χ1v) is 10.8. The zero-order chi connectivity index (χ0) is 21.6. The molecule has 0 radical (unpaired) electrons. The van der Waals surface area contributed by atoms with Gasteiger partial charge in [-0.25, -0.2) is 9.97 Å². The highest BCUT2D eigenvalue weighted by atomic mass is 16.5. The molecule has 1 aliphatic heterocycles. The van der Waals surface area contributed by atoms with Gasteiger partial charge in [0.15, 0.2) is 0 Å².